The lowest BCUT2D eigenvalue weighted by Gasteiger charge is -2.33. The summed E-state index contributed by atoms with van der Waals surface area (Å²) in [6, 6.07) is 0.906. The molecule has 24 nitrogen and oxygen atoms in total. The van der Waals surface area contributed by atoms with Crippen LogP contribution in [-0.2, 0) is 43.2 Å². The molecule has 9 aliphatic heterocycles. The van der Waals surface area contributed by atoms with Gasteiger partial charge in [-0.3, -0.25) is 57.9 Å². The van der Waals surface area contributed by atoms with Crippen LogP contribution in [-0.4, -0.2) is 237 Å². The molecule has 3 spiro atoms. The van der Waals surface area contributed by atoms with Gasteiger partial charge in [0, 0.05) is 69.1 Å². The van der Waals surface area contributed by atoms with Crippen molar-refractivity contribution in [3.63, 3.8) is 0 Å². The average Bonchev–Trinajstić information content (AvgIpc) is 1.71. The third-order valence-electron chi connectivity index (χ3n) is 23.5. The Morgan fingerprint density at radius 1 is 0.483 bits per heavy atom. The number of hydrogen-bond donors (Lipinski definition) is 4. The Balaban J connectivity index is 0.665. The number of likely N-dealkylation sites (tertiary alicyclic amines) is 8. The van der Waals surface area contributed by atoms with E-state index in [0.717, 1.165) is 58.2 Å². The Hall–Kier alpha value is -6.42. The molecule has 9 heterocycles. The van der Waals surface area contributed by atoms with Crippen molar-refractivity contribution < 1.29 is 43.2 Å². The molecule has 9 saturated heterocycles. The first-order chi connectivity index (χ1) is 41.8. The van der Waals surface area contributed by atoms with Crippen molar-refractivity contribution >= 4 is 53.2 Å². The number of nitriles is 3. The molecule has 0 radical (unpaired) electrons. The van der Waals surface area contributed by atoms with Crippen LogP contribution >= 0.6 is 0 Å². The molecule has 0 bridgehead atoms. The third kappa shape index (κ3) is 11.3. The highest BCUT2D eigenvalue weighted by Gasteiger charge is 2.60. The van der Waals surface area contributed by atoms with E-state index in [2.05, 4.69) is 54.2 Å². The van der Waals surface area contributed by atoms with Crippen molar-refractivity contribution in [3.8, 4) is 18.2 Å². The predicted octanol–water partition coefficient (Wildman–Crippen LogP) is 0.568. The van der Waals surface area contributed by atoms with E-state index >= 15 is 0 Å². The molecule has 3 aliphatic carbocycles. The molecule has 9 amide bonds. The second-order valence-electron chi connectivity index (χ2n) is 28.3. The van der Waals surface area contributed by atoms with Crippen molar-refractivity contribution in [3.05, 3.63) is 0 Å². The fraction of sp³-hybridized carbons (Fsp3) is 0.810. The van der Waals surface area contributed by atoms with Crippen LogP contribution in [0.2, 0.25) is 0 Å². The number of nitrogens with one attached hydrogen (secondary N) is 4. The third-order valence-corrected chi connectivity index (χ3v) is 23.5. The number of rotatable bonds is 23. The zero-order valence-corrected chi connectivity index (χ0v) is 51.1. The van der Waals surface area contributed by atoms with Gasteiger partial charge in [-0.15, -0.1) is 0 Å². The maximum atomic E-state index is 14.8. The molecule has 12 aliphatic rings. The first-order valence-electron chi connectivity index (χ1n) is 32.9. The Kier molecular flexibility index (Phi) is 16.9. The van der Waals surface area contributed by atoms with Gasteiger partial charge in [0.1, 0.15) is 52.9 Å². The Morgan fingerprint density at radius 2 is 0.851 bits per heavy atom. The van der Waals surface area contributed by atoms with Crippen molar-refractivity contribution in [2.75, 3.05) is 80.0 Å². The molecule has 12 fully saturated rings. The molecule has 16 atom stereocenters. The minimum absolute atomic E-state index is 0.00374. The smallest absolute Gasteiger partial charge is 0.243 e. The zero-order valence-electron chi connectivity index (χ0n) is 51.1. The summed E-state index contributed by atoms with van der Waals surface area (Å²) in [5.41, 5.74) is -1.96. The second kappa shape index (κ2) is 24.2. The number of likely N-dealkylation sites (N-methyl/N-ethyl adjacent to an activating group) is 3. The van der Waals surface area contributed by atoms with Crippen molar-refractivity contribution in [1.29, 1.82) is 15.8 Å². The van der Waals surface area contributed by atoms with Gasteiger partial charge in [0.15, 0.2) is 0 Å². The van der Waals surface area contributed by atoms with Crippen LogP contribution in [0.15, 0.2) is 0 Å². The van der Waals surface area contributed by atoms with Crippen LogP contribution in [0, 0.1) is 69.5 Å². The van der Waals surface area contributed by atoms with Gasteiger partial charge in [0.25, 0.3) is 0 Å². The molecular formula is C63H89N15O9. The summed E-state index contributed by atoms with van der Waals surface area (Å²) in [5, 5.41) is 42.7. The topological polar surface area (TPSA) is 299 Å². The fourth-order valence-electron chi connectivity index (χ4n) is 17.7. The largest absolute Gasteiger partial charge is 0.356 e. The van der Waals surface area contributed by atoms with E-state index in [1.54, 1.807) is 14.7 Å². The molecule has 470 valence electrons. The van der Waals surface area contributed by atoms with Crippen molar-refractivity contribution in [2.24, 2.45) is 35.5 Å². The van der Waals surface area contributed by atoms with Crippen LogP contribution in [0.4, 0.5) is 0 Å². The monoisotopic (exact) mass is 1200 g/mol. The second-order valence-corrected chi connectivity index (χ2v) is 28.3. The first-order valence-corrected chi connectivity index (χ1v) is 32.9. The lowest BCUT2D eigenvalue weighted by molar-refractivity contribution is -0.143. The summed E-state index contributed by atoms with van der Waals surface area (Å²) >= 11 is 0. The lowest BCUT2D eigenvalue weighted by atomic mass is 9.94. The quantitative estimate of drug-likeness (QED) is 0.109. The van der Waals surface area contributed by atoms with Gasteiger partial charge in [-0.2, -0.15) is 15.8 Å². The van der Waals surface area contributed by atoms with Gasteiger partial charge in [-0.25, -0.2) is 0 Å². The maximum absolute atomic E-state index is 14.8. The Bertz CT molecular complexity index is 2920. The number of carbonyl (C=O) groups is 9. The average molecular weight is 1200 g/mol. The van der Waals surface area contributed by atoms with Gasteiger partial charge in [-0.05, 0) is 187 Å². The van der Waals surface area contributed by atoms with Gasteiger partial charge in [0.05, 0.1) is 18.2 Å². The fourth-order valence-corrected chi connectivity index (χ4v) is 17.7. The minimum atomic E-state index is -1.04. The summed E-state index contributed by atoms with van der Waals surface area (Å²) in [5.74, 6) is -3.19. The van der Waals surface area contributed by atoms with Gasteiger partial charge >= 0.3 is 0 Å². The Labute approximate surface area is 510 Å². The number of amides is 9. The zero-order chi connectivity index (χ0) is 61.3. The van der Waals surface area contributed by atoms with E-state index < -0.39 is 82.4 Å². The standard InChI is InChI=1S/C63H89N15O9/c1-71-19-4-12-61(71)15-24-76(58(61)85)49(27-38-7-8-38)53(80)69-45(36-65)29-40-10-22-74(56(40)83)48-32-43(48)34-51(78-26-17-63(60(78)87)14-6-21-73(63)3)55(82)70-46(37-66)30-41-11-23-75(57(41)84)47-31-42(47)33-50(77-25-16-62(59(77)86)13-5-20-72(62)2)54(81)68-44(35-64)28-39-9-18-67-52(39)79/h38-51H,4-34H2,1-3H3,(H,67,79)(H,68,81)(H,69,80)(H,70,82)/t39-,40-,41-,42?,43?,44-,45-,46-,47?,48?,49-,50+,51+,61+,62+,63-/m0/s1. The summed E-state index contributed by atoms with van der Waals surface area (Å²) in [6.45, 7) is 5.01. The van der Waals surface area contributed by atoms with Crippen molar-refractivity contribution in [2.45, 2.75) is 206 Å². The van der Waals surface area contributed by atoms with E-state index in [0.29, 0.717) is 122 Å². The normalized spacial score (nSPS) is 35.4. The summed E-state index contributed by atoms with van der Waals surface area (Å²) in [6.07, 6.45) is 12.9. The highest BCUT2D eigenvalue weighted by Crippen LogP contribution is 2.48. The lowest BCUT2D eigenvalue weighted by Crippen LogP contribution is -2.55. The van der Waals surface area contributed by atoms with E-state index in [9.17, 15) is 58.9 Å². The van der Waals surface area contributed by atoms with Crippen LogP contribution in [0.3, 0.4) is 0 Å². The van der Waals surface area contributed by atoms with Crippen LogP contribution in [0.5, 0.6) is 0 Å². The molecule has 0 aromatic rings. The van der Waals surface area contributed by atoms with E-state index in [1.807, 2.05) is 30.9 Å². The molecule has 4 unspecified atom stereocenters. The number of carbonyl (C=O) groups excluding carboxylic acids is 9. The van der Waals surface area contributed by atoms with E-state index in [-0.39, 0.29) is 91.0 Å². The van der Waals surface area contributed by atoms with Crippen LogP contribution in [0.25, 0.3) is 0 Å². The van der Waals surface area contributed by atoms with E-state index in [4.69, 9.17) is 0 Å². The summed E-state index contributed by atoms with van der Waals surface area (Å²) in [7, 11) is 5.87. The molecule has 3 saturated carbocycles. The van der Waals surface area contributed by atoms with Crippen molar-refractivity contribution in [1.82, 2.24) is 60.5 Å². The van der Waals surface area contributed by atoms with Crippen LogP contribution in [0.1, 0.15) is 141 Å². The molecular weight excluding hydrogens is 1110 g/mol. The Morgan fingerprint density at radius 3 is 1.17 bits per heavy atom. The molecule has 12 rings (SSSR count). The summed E-state index contributed by atoms with van der Waals surface area (Å²) in [4.78, 5) is 142. The minimum Gasteiger partial charge on any atom is -0.356 e. The van der Waals surface area contributed by atoms with Gasteiger partial charge < -0.3 is 45.8 Å². The molecule has 0 aromatic carbocycles. The first kappa shape index (κ1) is 60.8. The SMILES string of the molecule is CN1CCC[C@]12CCN([C@H](CC1CC1N1CC[C@@H](C[C@@H](C#N)NC(=O)[C@@H](CC3CC3N3CC[C@@H](C[C@@H](C#N)NC(=O)[C@H](CC4CC4)N4CC[C@]5(CCCN5C)C4=O)C3=O)N3CC[C@@]4(CCCN4C)C3=O)C1=O)C(=O)N[C@H](C#N)C[C@@H]1CCNC1=O)C2=O. The van der Waals surface area contributed by atoms with E-state index in [1.165, 1.54) is 0 Å². The predicted molar refractivity (Wildman–Crippen MR) is 312 cm³/mol. The van der Waals surface area contributed by atoms with Crippen LogP contribution < -0.4 is 21.3 Å². The molecule has 0 aromatic heterocycles. The van der Waals surface area contributed by atoms with Gasteiger partial charge in [0.2, 0.25) is 53.2 Å². The molecule has 24 heteroatoms. The highest BCUT2D eigenvalue weighted by molar-refractivity contribution is 5.96. The number of hydrogen-bond acceptors (Lipinski definition) is 15. The molecule has 87 heavy (non-hydrogen) atoms. The maximum Gasteiger partial charge on any atom is 0.243 e. The number of nitrogens with zero attached hydrogens (tertiary/aromatic N) is 11. The highest BCUT2D eigenvalue weighted by atomic mass is 16.2. The molecule has 4 N–H and O–H groups in total. The summed E-state index contributed by atoms with van der Waals surface area (Å²) < 4.78 is 0. The van der Waals surface area contributed by atoms with Gasteiger partial charge in [-0.1, -0.05) is 12.8 Å².